The van der Waals surface area contributed by atoms with Crippen molar-refractivity contribution < 1.29 is 14.3 Å². The Labute approximate surface area is 145 Å². The van der Waals surface area contributed by atoms with E-state index in [1.165, 1.54) is 6.20 Å². The first kappa shape index (κ1) is 16.2. The Bertz CT molecular complexity index is 828. The van der Waals surface area contributed by atoms with Gasteiger partial charge in [0.15, 0.2) is 6.29 Å². The lowest BCUT2D eigenvalue weighted by Crippen LogP contribution is -2.51. The van der Waals surface area contributed by atoms with Crippen molar-refractivity contribution in [3.05, 3.63) is 40.7 Å². The number of hydrogen-bond donors (Lipinski definition) is 0. The van der Waals surface area contributed by atoms with E-state index in [0.29, 0.717) is 30.7 Å². The van der Waals surface area contributed by atoms with Crippen molar-refractivity contribution in [2.24, 2.45) is 0 Å². The van der Waals surface area contributed by atoms with Gasteiger partial charge in [-0.25, -0.2) is 0 Å². The lowest BCUT2D eigenvalue weighted by Gasteiger charge is -2.38. The van der Waals surface area contributed by atoms with E-state index in [2.05, 4.69) is 5.10 Å². The summed E-state index contributed by atoms with van der Waals surface area (Å²) in [5, 5.41) is 4.73. The van der Waals surface area contributed by atoms with Crippen LogP contribution in [0.3, 0.4) is 0 Å². The second kappa shape index (κ2) is 6.93. The van der Waals surface area contributed by atoms with Crippen LogP contribution in [0.25, 0.3) is 10.9 Å². The number of nitrogens with zero attached hydrogens (tertiary/aromatic N) is 3. The predicted octanol–water partition coefficient (Wildman–Crippen LogP) is 1.15. The zero-order valence-electron chi connectivity index (χ0n) is 14.0. The van der Waals surface area contributed by atoms with Crippen LogP contribution in [0.15, 0.2) is 35.3 Å². The smallest absolute Gasteiger partial charge is 0.244 e. The quantitative estimate of drug-likeness (QED) is 0.836. The summed E-state index contributed by atoms with van der Waals surface area (Å²) in [7, 11) is 0. The first-order valence-corrected chi connectivity index (χ1v) is 8.71. The first-order chi connectivity index (χ1) is 12.2. The molecule has 0 saturated carbocycles. The lowest BCUT2D eigenvalue weighted by atomic mass is 10.0. The molecule has 2 aliphatic rings. The Hall–Kier alpha value is -2.25. The highest BCUT2D eigenvalue weighted by Gasteiger charge is 2.36. The molecule has 0 spiro atoms. The molecule has 2 aliphatic heterocycles. The summed E-state index contributed by atoms with van der Waals surface area (Å²) >= 11 is 0. The van der Waals surface area contributed by atoms with Crippen molar-refractivity contribution in [1.29, 1.82) is 0 Å². The van der Waals surface area contributed by atoms with Crippen LogP contribution in [0, 0.1) is 0 Å². The average Bonchev–Trinajstić information content (AvgIpc) is 3.19. The fourth-order valence-electron chi connectivity index (χ4n) is 3.65. The third-order valence-electron chi connectivity index (χ3n) is 4.88. The van der Waals surface area contributed by atoms with Crippen molar-refractivity contribution in [2.45, 2.75) is 38.1 Å². The molecule has 2 fully saturated rings. The van der Waals surface area contributed by atoms with Gasteiger partial charge < -0.3 is 14.4 Å². The van der Waals surface area contributed by atoms with Gasteiger partial charge in [0.05, 0.1) is 31.0 Å². The summed E-state index contributed by atoms with van der Waals surface area (Å²) in [5.41, 5.74) is 0.535. The van der Waals surface area contributed by atoms with E-state index < -0.39 is 0 Å². The molecule has 0 radical (unpaired) electrons. The molecular weight excluding hydrogens is 322 g/mol. The maximum Gasteiger partial charge on any atom is 0.244 e. The number of carbonyl (C=O) groups excluding carboxylic acids is 1. The molecule has 2 saturated heterocycles. The van der Waals surface area contributed by atoms with E-state index in [1.54, 1.807) is 10.7 Å². The molecule has 2 aromatic rings. The summed E-state index contributed by atoms with van der Waals surface area (Å²) in [6.07, 6.45) is 3.87. The second-order valence-electron chi connectivity index (χ2n) is 6.44. The first-order valence-electron chi connectivity index (χ1n) is 8.71. The van der Waals surface area contributed by atoms with Crippen molar-refractivity contribution in [3.8, 4) is 0 Å². The highest BCUT2D eigenvalue weighted by atomic mass is 16.7. The number of ether oxygens (including phenoxy) is 2. The van der Waals surface area contributed by atoms with E-state index in [9.17, 15) is 9.59 Å². The second-order valence-corrected chi connectivity index (χ2v) is 6.44. The molecule has 25 heavy (non-hydrogen) atoms. The largest absolute Gasteiger partial charge is 0.348 e. The maximum absolute atomic E-state index is 12.9. The van der Waals surface area contributed by atoms with Gasteiger partial charge in [0.1, 0.15) is 6.54 Å². The number of carbonyl (C=O) groups is 1. The fourth-order valence-corrected chi connectivity index (χ4v) is 3.65. The molecule has 1 atom stereocenters. The van der Waals surface area contributed by atoms with Crippen LogP contribution in [0.5, 0.6) is 0 Å². The number of fused-ring (bicyclic) bond motifs is 1. The average molecular weight is 343 g/mol. The van der Waals surface area contributed by atoms with E-state index in [1.807, 2.05) is 23.1 Å². The van der Waals surface area contributed by atoms with Crippen LogP contribution >= 0.6 is 0 Å². The monoisotopic (exact) mass is 343 g/mol. The molecular formula is C18H21N3O4. The molecule has 7 nitrogen and oxygen atoms in total. The number of rotatable bonds is 3. The molecule has 1 unspecified atom stereocenters. The number of likely N-dealkylation sites (tertiary alicyclic amines) is 1. The minimum Gasteiger partial charge on any atom is -0.348 e. The fraction of sp³-hybridized carbons (Fsp3) is 0.500. The van der Waals surface area contributed by atoms with Crippen LogP contribution in [-0.2, 0) is 20.8 Å². The maximum atomic E-state index is 12.9. The molecule has 0 bridgehead atoms. The summed E-state index contributed by atoms with van der Waals surface area (Å²) in [4.78, 5) is 26.7. The summed E-state index contributed by atoms with van der Waals surface area (Å²) < 4.78 is 12.9. The number of piperidine rings is 1. The van der Waals surface area contributed by atoms with Gasteiger partial charge in [0.2, 0.25) is 11.3 Å². The minimum atomic E-state index is -0.331. The Morgan fingerprint density at radius 3 is 2.84 bits per heavy atom. The van der Waals surface area contributed by atoms with Crippen LogP contribution in [0.1, 0.15) is 19.3 Å². The number of aromatic nitrogens is 2. The molecule has 4 rings (SSSR count). The molecule has 1 aromatic heterocycles. The Kier molecular flexibility index (Phi) is 4.50. The Morgan fingerprint density at radius 1 is 1.20 bits per heavy atom. The lowest BCUT2D eigenvalue weighted by molar-refractivity contribution is -0.151. The number of amides is 1. The highest BCUT2D eigenvalue weighted by molar-refractivity contribution is 5.81. The third-order valence-corrected chi connectivity index (χ3v) is 4.88. The van der Waals surface area contributed by atoms with Crippen molar-refractivity contribution in [3.63, 3.8) is 0 Å². The molecule has 7 heteroatoms. The van der Waals surface area contributed by atoms with Gasteiger partial charge in [-0.3, -0.25) is 14.3 Å². The van der Waals surface area contributed by atoms with Gasteiger partial charge in [-0.1, -0.05) is 12.1 Å². The zero-order valence-corrected chi connectivity index (χ0v) is 14.0. The van der Waals surface area contributed by atoms with Gasteiger partial charge in [0.25, 0.3) is 0 Å². The standard InChI is InChI=1S/C18H21N3O4/c22-16-11-19-21(14-6-2-1-5-13(14)16)12-17(23)20-8-4-3-7-15(20)18-24-9-10-25-18/h1-2,5-6,11,15,18H,3-4,7-10,12H2. The van der Waals surface area contributed by atoms with Gasteiger partial charge in [-0.15, -0.1) is 0 Å². The van der Waals surface area contributed by atoms with Crippen molar-refractivity contribution in [2.75, 3.05) is 19.8 Å². The van der Waals surface area contributed by atoms with Gasteiger partial charge >= 0.3 is 0 Å². The summed E-state index contributed by atoms with van der Waals surface area (Å²) in [6.45, 7) is 1.96. The SMILES string of the molecule is O=C(Cn1ncc(=O)c2ccccc21)N1CCCCC1C1OCCO1. The van der Waals surface area contributed by atoms with Crippen LogP contribution in [0.2, 0.25) is 0 Å². The molecule has 1 aromatic carbocycles. The molecule has 0 N–H and O–H groups in total. The number of hydrogen-bond acceptors (Lipinski definition) is 5. The van der Waals surface area contributed by atoms with Crippen molar-refractivity contribution in [1.82, 2.24) is 14.7 Å². The number of para-hydroxylation sites is 1. The van der Waals surface area contributed by atoms with Crippen molar-refractivity contribution >= 4 is 16.8 Å². The molecule has 3 heterocycles. The van der Waals surface area contributed by atoms with Gasteiger partial charge in [0, 0.05) is 11.9 Å². The Morgan fingerprint density at radius 2 is 2.00 bits per heavy atom. The van der Waals surface area contributed by atoms with E-state index in [4.69, 9.17) is 9.47 Å². The predicted molar refractivity (Wildman–Crippen MR) is 91.0 cm³/mol. The number of benzene rings is 1. The minimum absolute atomic E-state index is 0.0231. The molecule has 1 amide bonds. The van der Waals surface area contributed by atoms with Crippen LogP contribution in [-0.4, -0.2) is 52.7 Å². The molecule has 132 valence electrons. The normalized spacial score (nSPS) is 21.8. The van der Waals surface area contributed by atoms with E-state index in [0.717, 1.165) is 19.3 Å². The summed E-state index contributed by atoms with van der Waals surface area (Å²) in [6, 6.07) is 7.17. The zero-order chi connectivity index (χ0) is 17.2. The van der Waals surface area contributed by atoms with Crippen LogP contribution in [0.4, 0.5) is 0 Å². The third kappa shape index (κ3) is 3.17. The van der Waals surface area contributed by atoms with Crippen LogP contribution < -0.4 is 5.43 Å². The van der Waals surface area contributed by atoms with Gasteiger partial charge in [-0.2, -0.15) is 5.10 Å². The van der Waals surface area contributed by atoms with Gasteiger partial charge in [-0.05, 0) is 31.4 Å². The summed E-state index contributed by atoms with van der Waals surface area (Å²) in [5.74, 6) is -0.0231. The Balaban J connectivity index is 1.58. The topological polar surface area (TPSA) is 73.7 Å². The van der Waals surface area contributed by atoms with E-state index in [-0.39, 0.29) is 30.2 Å². The highest BCUT2D eigenvalue weighted by Crippen LogP contribution is 2.25. The van der Waals surface area contributed by atoms with E-state index >= 15 is 0 Å². The molecule has 0 aliphatic carbocycles.